The Hall–Kier alpha value is -1.82. The molecular weight excluding hydrogens is 406 g/mol. The van der Waals surface area contributed by atoms with Crippen molar-refractivity contribution < 1.29 is 30.3 Å². The Labute approximate surface area is 165 Å². The monoisotopic (exact) mass is 429 g/mol. The van der Waals surface area contributed by atoms with Gasteiger partial charge in [0.1, 0.15) is 0 Å². The first-order chi connectivity index (χ1) is 13.0. The quantitative estimate of drug-likeness (QED) is 0.566. The third-order valence-electron chi connectivity index (χ3n) is 3.92. The molecule has 0 spiro atoms. The Morgan fingerprint density at radius 2 is 1.14 bits per heavy atom. The second kappa shape index (κ2) is 9.12. The molecule has 0 aromatic heterocycles. The lowest BCUT2D eigenvalue weighted by molar-refractivity contribution is 0.0715. The lowest BCUT2D eigenvalue weighted by Crippen LogP contribution is -2.42. The molecule has 0 saturated heterocycles. The molecule has 0 radical (unpaired) electrons. The fourth-order valence-corrected chi connectivity index (χ4v) is 3.97. The van der Waals surface area contributed by atoms with Crippen LogP contribution in [0.15, 0.2) is 58.3 Å². The van der Waals surface area contributed by atoms with Gasteiger partial charge in [0.05, 0.1) is 35.2 Å². The van der Waals surface area contributed by atoms with Crippen LogP contribution in [-0.4, -0.2) is 47.3 Å². The molecule has 2 aromatic rings. The highest BCUT2D eigenvalue weighted by atomic mass is 32.2. The second-order valence-electron chi connectivity index (χ2n) is 6.33. The Morgan fingerprint density at radius 1 is 0.786 bits per heavy atom. The van der Waals surface area contributed by atoms with Crippen molar-refractivity contribution in [2.45, 2.75) is 35.8 Å². The van der Waals surface area contributed by atoms with Crippen molar-refractivity contribution in [3.63, 3.8) is 0 Å². The number of nitrogens with two attached hydrogens (primary N) is 1. The van der Waals surface area contributed by atoms with E-state index >= 15 is 0 Å². The molecule has 0 aliphatic rings. The summed E-state index contributed by atoms with van der Waals surface area (Å²) in [6.45, 7) is 2.45. The van der Waals surface area contributed by atoms with Gasteiger partial charge in [-0.2, -0.15) is 16.8 Å². The van der Waals surface area contributed by atoms with Gasteiger partial charge < -0.3 is 10.8 Å². The van der Waals surface area contributed by atoms with Crippen LogP contribution in [0.4, 0.5) is 0 Å². The molecule has 3 N–H and O–H groups in total. The van der Waals surface area contributed by atoms with Gasteiger partial charge in [0, 0.05) is 0 Å². The Bertz CT molecular complexity index is 902. The van der Waals surface area contributed by atoms with Crippen molar-refractivity contribution in [3.8, 4) is 0 Å². The van der Waals surface area contributed by atoms with E-state index in [1.165, 1.54) is 24.3 Å². The number of aliphatic hydroxyl groups excluding tert-OH is 1. The molecule has 0 bridgehead atoms. The summed E-state index contributed by atoms with van der Waals surface area (Å²) in [6.07, 6.45) is -1.45. The maximum Gasteiger partial charge on any atom is 0.297 e. The van der Waals surface area contributed by atoms with Gasteiger partial charge >= 0.3 is 0 Å². The molecule has 0 fully saturated rings. The zero-order valence-corrected chi connectivity index (χ0v) is 17.1. The van der Waals surface area contributed by atoms with Crippen molar-refractivity contribution in [3.05, 3.63) is 59.7 Å². The average Bonchev–Trinajstić information content (AvgIpc) is 2.65. The van der Waals surface area contributed by atoms with Gasteiger partial charge in [-0.1, -0.05) is 35.4 Å². The van der Waals surface area contributed by atoms with Gasteiger partial charge in [-0.3, -0.25) is 8.37 Å². The molecule has 28 heavy (non-hydrogen) atoms. The minimum atomic E-state index is -4.07. The highest BCUT2D eigenvalue weighted by molar-refractivity contribution is 7.87. The first kappa shape index (κ1) is 22.5. The lowest BCUT2D eigenvalue weighted by Gasteiger charge is -2.18. The van der Waals surface area contributed by atoms with Gasteiger partial charge in [0.15, 0.2) is 0 Å². The van der Waals surface area contributed by atoms with E-state index in [4.69, 9.17) is 14.1 Å². The van der Waals surface area contributed by atoms with E-state index < -0.39 is 45.6 Å². The fraction of sp³-hybridized carbons (Fsp3) is 0.333. The summed E-state index contributed by atoms with van der Waals surface area (Å²) >= 11 is 0. The smallest absolute Gasteiger partial charge is 0.297 e. The predicted molar refractivity (Wildman–Crippen MR) is 103 cm³/mol. The molecule has 2 aromatic carbocycles. The van der Waals surface area contributed by atoms with Crippen LogP contribution in [0.5, 0.6) is 0 Å². The molecule has 0 saturated carbocycles. The van der Waals surface area contributed by atoms with Crippen molar-refractivity contribution in [2.24, 2.45) is 5.73 Å². The summed E-state index contributed by atoms with van der Waals surface area (Å²) in [5.41, 5.74) is 7.47. The normalized spacial score (nSPS) is 14.6. The minimum Gasteiger partial charge on any atom is -0.389 e. The molecular formula is C18H23NO7S2. The molecule has 10 heteroatoms. The number of benzene rings is 2. The second-order valence-corrected chi connectivity index (χ2v) is 9.57. The lowest BCUT2D eigenvalue weighted by atomic mass is 10.2. The van der Waals surface area contributed by atoms with Crippen LogP contribution in [-0.2, 0) is 28.6 Å². The number of hydrogen-bond donors (Lipinski definition) is 2. The molecule has 8 nitrogen and oxygen atoms in total. The van der Waals surface area contributed by atoms with Crippen LogP contribution in [0.25, 0.3) is 0 Å². The summed E-state index contributed by atoms with van der Waals surface area (Å²) in [4.78, 5) is -0.102. The molecule has 2 atom stereocenters. The van der Waals surface area contributed by atoms with E-state index in [9.17, 15) is 21.9 Å². The van der Waals surface area contributed by atoms with E-state index in [0.717, 1.165) is 11.1 Å². The van der Waals surface area contributed by atoms with E-state index in [1.54, 1.807) is 24.3 Å². The van der Waals surface area contributed by atoms with Crippen molar-refractivity contribution in [1.29, 1.82) is 0 Å². The zero-order chi connectivity index (χ0) is 20.9. The van der Waals surface area contributed by atoms with Gasteiger partial charge in [0.2, 0.25) is 0 Å². The molecule has 0 heterocycles. The van der Waals surface area contributed by atoms with E-state index in [-0.39, 0.29) is 9.79 Å². The number of hydrogen-bond acceptors (Lipinski definition) is 8. The summed E-state index contributed by atoms with van der Waals surface area (Å²) in [5, 5.41) is 9.99. The number of aliphatic hydroxyl groups is 1. The van der Waals surface area contributed by atoms with Crippen LogP contribution < -0.4 is 5.73 Å². The van der Waals surface area contributed by atoms with Crippen molar-refractivity contribution >= 4 is 20.2 Å². The van der Waals surface area contributed by atoms with Crippen LogP contribution in [0.1, 0.15) is 11.1 Å². The van der Waals surface area contributed by atoms with E-state index in [0.29, 0.717) is 0 Å². The van der Waals surface area contributed by atoms with Crippen LogP contribution in [0, 0.1) is 13.8 Å². The predicted octanol–water partition coefficient (Wildman–Crippen LogP) is 1.10. The standard InChI is InChI=1S/C18H23NO7S2/c1-13-3-7-15(8-4-13)27(21,22)25-11-17(19)18(20)12-26-28(23,24)16-9-5-14(2)6-10-16/h3-10,17-18,20H,11-12,19H2,1-2H3/t17-,18+/m0/s1. The third kappa shape index (κ3) is 6.09. The van der Waals surface area contributed by atoms with Crippen molar-refractivity contribution in [2.75, 3.05) is 13.2 Å². The van der Waals surface area contributed by atoms with Gasteiger partial charge in [-0.15, -0.1) is 0 Å². The molecule has 0 amide bonds. The average molecular weight is 430 g/mol. The first-order valence-corrected chi connectivity index (χ1v) is 11.2. The molecule has 0 aliphatic heterocycles. The number of rotatable bonds is 9. The number of aryl methyl sites for hydroxylation is 2. The fourth-order valence-electron chi connectivity index (χ4n) is 2.11. The molecule has 0 unspecified atom stereocenters. The Morgan fingerprint density at radius 3 is 1.54 bits per heavy atom. The van der Waals surface area contributed by atoms with Crippen LogP contribution in [0.2, 0.25) is 0 Å². The summed E-state index contributed by atoms with van der Waals surface area (Å²) < 4.78 is 58.1. The zero-order valence-electron chi connectivity index (χ0n) is 15.5. The summed E-state index contributed by atoms with van der Waals surface area (Å²) in [5.74, 6) is 0. The van der Waals surface area contributed by atoms with Gasteiger partial charge in [-0.05, 0) is 38.1 Å². The topological polar surface area (TPSA) is 133 Å². The maximum absolute atomic E-state index is 12.1. The first-order valence-electron chi connectivity index (χ1n) is 8.37. The van der Waals surface area contributed by atoms with E-state index in [1.807, 2.05) is 13.8 Å². The highest BCUT2D eigenvalue weighted by Gasteiger charge is 2.24. The SMILES string of the molecule is Cc1ccc(S(=O)(=O)OC[C@@H](O)[C@@H](N)COS(=O)(=O)c2ccc(C)cc2)cc1. The summed E-state index contributed by atoms with van der Waals surface area (Å²) in [6, 6.07) is 10.8. The van der Waals surface area contributed by atoms with Gasteiger partial charge in [0.25, 0.3) is 20.2 Å². The van der Waals surface area contributed by atoms with Crippen LogP contribution in [0.3, 0.4) is 0 Å². The van der Waals surface area contributed by atoms with E-state index in [2.05, 4.69) is 0 Å². The Balaban J connectivity index is 1.91. The van der Waals surface area contributed by atoms with Gasteiger partial charge in [-0.25, -0.2) is 0 Å². The third-order valence-corrected chi connectivity index (χ3v) is 6.51. The Kier molecular flexibility index (Phi) is 7.32. The molecule has 154 valence electrons. The highest BCUT2D eigenvalue weighted by Crippen LogP contribution is 2.15. The minimum absolute atomic E-state index is 0.0435. The van der Waals surface area contributed by atoms with Crippen molar-refractivity contribution in [1.82, 2.24) is 0 Å². The molecule has 2 rings (SSSR count). The largest absolute Gasteiger partial charge is 0.389 e. The van der Waals surface area contributed by atoms with Crippen LogP contribution >= 0.6 is 0 Å². The summed E-state index contributed by atoms with van der Waals surface area (Å²) in [7, 11) is -8.12. The maximum atomic E-state index is 12.1. The molecule has 0 aliphatic carbocycles.